The predicted molar refractivity (Wildman–Crippen MR) is 77.5 cm³/mol. The molecule has 3 nitrogen and oxygen atoms in total. The fourth-order valence-corrected chi connectivity index (χ4v) is 2.79. The molecule has 0 saturated heterocycles. The lowest BCUT2D eigenvalue weighted by Gasteiger charge is -2.18. The second kappa shape index (κ2) is 6.45. The normalized spacial score (nSPS) is 12.7. The fraction of sp³-hybridized carbons (Fsp3) is 0.357. The molecular weight excluding hydrogens is 328 g/mol. The Labute approximate surface area is 125 Å². The van der Waals surface area contributed by atoms with E-state index in [-0.39, 0.29) is 6.04 Å². The molecule has 1 aromatic carbocycles. The van der Waals surface area contributed by atoms with Crippen molar-refractivity contribution < 1.29 is 8.78 Å². The molecule has 1 atom stereocenters. The van der Waals surface area contributed by atoms with Crippen molar-refractivity contribution in [2.75, 3.05) is 7.05 Å². The van der Waals surface area contributed by atoms with E-state index in [1.54, 1.807) is 6.20 Å². The maximum absolute atomic E-state index is 13.8. The quantitative estimate of drug-likeness (QED) is 0.901. The number of nitrogens with one attached hydrogen (secondary N) is 1. The Morgan fingerprint density at radius 1 is 1.40 bits per heavy atom. The second-order valence-corrected chi connectivity index (χ2v) is 5.33. The van der Waals surface area contributed by atoms with Crippen molar-refractivity contribution >= 4 is 15.9 Å². The Kier molecular flexibility index (Phi) is 4.88. The number of hydrogen-bond acceptors (Lipinski definition) is 2. The first kappa shape index (κ1) is 15.1. The zero-order valence-electron chi connectivity index (χ0n) is 11.3. The van der Waals surface area contributed by atoms with Crippen LogP contribution in [0.1, 0.15) is 24.2 Å². The van der Waals surface area contributed by atoms with E-state index in [4.69, 9.17) is 0 Å². The number of nitrogens with zero attached hydrogens (tertiary/aromatic N) is 2. The number of halogens is 3. The van der Waals surface area contributed by atoms with Gasteiger partial charge in [-0.05, 0) is 48.0 Å². The number of likely N-dealkylation sites (N-methyl/N-ethyl adjacent to an activating group) is 1. The smallest absolute Gasteiger partial charge is 0.129 e. The topological polar surface area (TPSA) is 29.9 Å². The van der Waals surface area contributed by atoms with Gasteiger partial charge in [0.05, 0.1) is 22.4 Å². The average molecular weight is 344 g/mol. The maximum atomic E-state index is 13.8. The first-order chi connectivity index (χ1) is 9.56. The van der Waals surface area contributed by atoms with Crippen molar-refractivity contribution in [1.29, 1.82) is 0 Å². The summed E-state index contributed by atoms with van der Waals surface area (Å²) in [6, 6.07) is 3.56. The highest BCUT2D eigenvalue weighted by atomic mass is 79.9. The SMILES string of the molecule is CCn1ncc(Br)c1C(Cc1ccc(F)cc1F)NC. The van der Waals surface area contributed by atoms with E-state index in [9.17, 15) is 8.78 Å². The molecule has 1 aromatic heterocycles. The van der Waals surface area contributed by atoms with Gasteiger partial charge in [0, 0.05) is 12.6 Å². The third kappa shape index (κ3) is 3.07. The zero-order chi connectivity index (χ0) is 14.7. The molecule has 108 valence electrons. The highest BCUT2D eigenvalue weighted by molar-refractivity contribution is 9.10. The molecule has 1 unspecified atom stereocenters. The lowest BCUT2D eigenvalue weighted by molar-refractivity contribution is 0.497. The summed E-state index contributed by atoms with van der Waals surface area (Å²) in [6.07, 6.45) is 2.15. The third-order valence-electron chi connectivity index (χ3n) is 3.25. The van der Waals surface area contributed by atoms with E-state index in [0.717, 1.165) is 22.8 Å². The summed E-state index contributed by atoms with van der Waals surface area (Å²) in [7, 11) is 1.81. The number of benzene rings is 1. The Morgan fingerprint density at radius 2 is 2.15 bits per heavy atom. The molecule has 2 rings (SSSR count). The van der Waals surface area contributed by atoms with Crippen LogP contribution in [0.3, 0.4) is 0 Å². The Bertz CT molecular complexity index is 598. The first-order valence-corrected chi connectivity index (χ1v) is 7.18. The highest BCUT2D eigenvalue weighted by Gasteiger charge is 2.20. The minimum Gasteiger partial charge on any atom is -0.311 e. The van der Waals surface area contributed by atoms with Crippen LogP contribution in [-0.2, 0) is 13.0 Å². The van der Waals surface area contributed by atoms with Gasteiger partial charge in [0.1, 0.15) is 11.6 Å². The lowest BCUT2D eigenvalue weighted by atomic mass is 10.0. The maximum Gasteiger partial charge on any atom is 0.129 e. The van der Waals surface area contributed by atoms with E-state index in [1.807, 2.05) is 18.7 Å². The minimum absolute atomic E-state index is 0.105. The molecule has 0 aliphatic carbocycles. The molecule has 0 bridgehead atoms. The van der Waals surface area contributed by atoms with Crippen LogP contribution in [0.2, 0.25) is 0 Å². The molecule has 1 heterocycles. The van der Waals surface area contributed by atoms with Crippen LogP contribution in [0.15, 0.2) is 28.9 Å². The molecule has 6 heteroatoms. The number of hydrogen-bond donors (Lipinski definition) is 1. The van der Waals surface area contributed by atoms with E-state index in [2.05, 4.69) is 26.3 Å². The summed E-state index contributed by atoms with van der Waals surface area (Å²) in [5, 5.41) is 7.42. The molecule has 1 N–H and O–H groups in total. The summed E-state index contributed by atoms with van der Waals surface area (Å²) in [4.78, 5) is 0. The molecule has 0 aliphatic heterocycles. The number of aryl methyl sites for hydroxylation is 1. The van der Waals surface area contributed by atoms with Crippen molar-refractivity contribution in [3.8, 4) is 0 Å². The van der Waals surface area contributed by atoms with Gasteiger partial charge in [-0.1, -0.05) is 6.07 Å². The number of aromatic nitrogens is 2. The summed E-state index contributed by atoms with van der Waals surface area (Å²) in [6.45, 7) is 2.72. The molecule has 0 spiro atoms. The van der Waals surface area contributed by atoms with Crippen LogP contribution in [0.25, 0.3) is 0 Å². The number of rotatable bonds is 5. The Morgan fingerprint density at radius 3 is 2.75 bits per heavy atom. The average Bonchev–Trinajstić information content (AvgIpc) is 2.79. The minimum atomic E-state index is -0.563. The molecule has 20 heavy (non-hydrogen) atoms. The van der Waals surface area contributed by atoms with E-state index >= 15 is 0 Å². The van der Waals surface area contributed by atoms with Gasteiger partial charge in [-0.25, -0.2) is 8.78 Å². The van der Waals surface area contributed by atoms with Crippen molar-refractivity contribution in [3.63, 3.8) is 0 Å². The zero-order valence-corrected chi connectivity index (χ0v) is 12.9. The summed E-state index contributed by atoms with van der Waals surface area (Å²) in [5.74, 6) is -1.09. The largest absolute Gasteiger partial charge is 0.311 e. The molecule has 0 fully saturated rings. The summed E-state index contributed by atoms with van der Waals surface area (Å²) >= 11 is 3.47. The molecule has 0 saturated carbocycles. The highest BCUT2D eigenvalue weighted by Crippen LogP contribution is 2.27. The van der Waals surface area contributed by atoms with Gasteiger partial charge >= 0.3 is 0 Å². The van der Waals surface area contributed by atoms with Gasteiger partial charge in [0.25, 0.3) is 0 Å². The fourth-order valence-electron chi connectivity index (χ4n) is 2.21. The van der Waals surface area contributed by atoms with Gasteiger partial charge in [-0.15, -0.1) is 0 Å². The predicted octanol–water partition coefficient (Wildman–Crippen LogP) is 3.45. The third-order valence-corrected chi connectivity index (χ3v) is 3.86. The van der Waals surface area contributed by atoms with Gasteiger partial charge in [0.15, 0.2) is 0 Å². The standard InChI is InChI=1S/C14H16BrF2N3/c1-3-20-14(11(15)8-19-20)13(18-2)6-9-4-5-10(16)7-12(9)17/h4-5,7-8,13,18H,3,6H2,1-2H3. The Hall–Kier alpha value is -1.27. The van der Waals surface area contributed by atoms with Crippen molar-refractivity contribution in [2.45, 2.75) is 25.9 Å². The molecule has 2 aromatic rings. The first-order valence-electron chi connectivity index (χ1n) is 6.39. The van der Waals surface area contributed by atoms with Crippen LogP contribution in [0, 0.1) is 11.6 Å². The van der Waals surface area contributed by atoms with Gasteiger partial charge in [-0.3, -0.25) is 4.68 Å². The van der Waals surface area contributed by atoms with E-state index in [1.165, 1.54) is 12.1 Å². The summed E-state index contributed by atoms with van der Waals surface area (Å²) < 4.78 is 29.4. The van der Waals surface area contributed by atoms with E-state index < -0.39 is 11.6 Å². The van der Waals surface area contributed by atoms with Gasteiger partial charge < -0.3 is 5.32 Å². The van der Waals surface area contributed by atoms with Gasteiger partial charge in [0.2, 0.25) is 0 Å². The van der Waals surface area contributed by atoms with Crippen LogP contribution in [0.5, 0.6) is 0 Å². The van der Waals surface area contributed by atoms with Crippen molar-refractivity contribution in [3.05, 3.63) is 51.8 Å². The van der Waals surface area contributed by atoms with Gasteiger partial charge in [-0.2, -0.15) is 5.10 Å². The monoisotopic (exact) mass is 343 g/mol. The summed E-state index contributed by atoms with van der Waals surface area (Å²) in [5.41, 5.74) is 1.43. The van der Waals surface area contributed by atoms with Crippen LogP contribution >= 0.6 is 15.9 Å². The second-order valence-electron chi connectivity index (χ2n) is 4.47. The molecule has 0 aliphatic rings. The van der Waals surface area contributed by atoms with E-state index in [0.29, 0.717) is 12.0 Å². The Balaban J connectivity index is 2.31. The molecule has 0 radical (unpaired) electrons. The van der Waals surface area contributed by atoms with Crippen LogP contribution in [-0.4, -0.2) is 16.8 Å². The van der Waals surface area contributed by atoms with Crippen LogP contribution < -0.4 is 5.32 Å². The molecular formula is C14H16BrF2N3. The van der Waals surface area contributed by atoms with Crippen LogP contribution in [0.4, 0.5) is 8.78 Å². The lowest BCUT2D eigenvalue weighted by Crippen LogP contribution is -2.23. The van der Waals surface area contributed by atoms with Crippen molar-refractivity contribution in [2.24, 2.45) is 0 Å². The van der Waals surface area contributed by atoms with Crippen molar-refractivity contribution in [1.82, 2.24) is 15.1 Å². The molecule has 0 amide bonds.